The summed E-state index contributed by atoms with van der Waals surface area (Å²) < 4.78 is 7.38. The molecule has 0 bridgehead atoms. The molecule has 1 saturated carbocycles. The van der Waals surface area contributed by atoms with Crippen molar-refractivity contribution >= 4 is 28.5 Å². The Balaban J connectivity index is 1.37. The van der Waals surface area contributed by atoms with E-state index in [1.54, 1.807) is 6.20 Å². The molecule has 1 aliphatic heterocycles. The van der Waals surface area contributed by atoms with Gasteiger partial charge < -0.3 is 20.3 Å². The molecule has 2 fully saturated rings. The largest absolute Gasteiger partial charge is 0.478 e. The predicted octanol–water partition coefficient (Wildman–Crippen LogP) is 4.22. The van der Waals surface area contributed by atoms with E-state index < -0.39 is 0 Å². The lowest BCUT2D eigenvalue weighted by molar-refractivity contribution is 0.327. The fourth-order valence-electron chi connectivity index (χ4n) is 5.68. The Morgan fingerprint density at radius 3 is 2.54 bits per heavy atom. The molecule has 2 aliphatic rings. The third-order valence-corrected chi connectivity index (χ3v) is 7.69. The Kier molecular flexibility index (Phi) is 7.10. The quantitative estimate of drug-likeness (QED) is 0.366. The standard InChI is InChI=1S/C29H34N8O2/c1-3-39-25-11-8-20(16-32-25)26-19(2)23-18-33-29(35-27(23)37(28(26)38)21-6-4-5-7-21)34-24-10-9-22(17-31-24)36-14-12-30-13-15-36/h8-11,16-18,21,30H,3-7,12-15H2,1-2H3,(H,31,33,34,35). The fraction of sp³-hybridized carbons (Fsp3) is 0.414. The fourth-order valence-corrected chi connectivity index (χ4v) is 5.68. The summed E-state index contributed by atoms with van der Waals surface area (Å²) in [6.07, 6.45) is 9.53. The van der Waals surface area contributed by atoms with Gasteiger partial charge in [0.15, 0.2) is 0 Å². The number of hydrogen-bond donors (Lipinski definition) is 2. The summed E-state index contributed by atoms with van der Waals surface area (Å²) in [6.45, 7) is 8.31. The van der Waals surface area contributed by atoms with E-state index >= 15 is 0 Å². The maximum atomic E-state index is 14.1. The van der Waals surface area contributed by atoms with Crippen LogP contribution >= 0.6 is 0 Å². The monoisotopic (exact) mass is 526 g/mol. The molecular formula is C29H34N8O2. The van der Waals surface area contributed by atoms with Crippen LogP contribution in [0.3, 0.4) is 0 Å². The Morgan fingerprint density at radius 2 is 1.85 bits per heavy atom. The number of aryl methyl sites for hydroxylation is 1. The lowest BCUT2D eigenvalue weighted by Crippen LogP contribution is -2.43. The first-order valence-electron chi connectivity index (χ1n) is 13.8. The first kappa shape index (κ1) is 25.2. The van der Waals surface area contributed by atoms with E-state index in [9.17, 15) is 4.79 Å². The molecule has 0 spiro atoms. The third-order valence-electron chi connectivity index (χ3n) is 7.69. The van der Waals surface area contributed by atoms with Gasteiger partial charge in [-0.15, -0.1) is 0 Å². The number of nitrogens with one attached hydrogen (secondary N) is 2. The lowest BCUT2D eigenvalue weighted by atomic mass is 10.0. The number of hydrogen-bond acceptors (Lipinski definition) is 9. The predicted molar refractivity (Wildman–Crippen MR) is 153 cm³/mol. The smallest absolute Gasteiger partial charge is 0.260 e. The highest BCUT2D eigenvalue weighted by molar-refractivity contribution is 5.86. The van der Waals surface area contributed by atoms with Crippen LogP contribution in [0, 0.1) is 6.92 Å². The molecule has 0 unspecified atom stereocenters. The molecule has 0 radical (unpaired) electrons. The molecule has 10 heteroatoms. The highest BCUT2D eigenvalue weighted by atomic mass is 16.5. The van der Waals surface area contributed by atoms with Gasteiger partial charge in [-0.05, 0) is 50.5 Å². The van der Waals surface area contributed by atoms with Gasteiger partial charge in [-0.3, -0.25) is 9.36 Å². The van der Waals surface area contributed by atoms with Gasteiger partial charge in [0.1, 0.15) is 11.5 Å². The lowest BCUT2D eigenvalue weighted by Gasteiger charge is -2.29. The maximum absolute atomic E-state index is 14.1. The van der Waals surface area contributed by atoms with Crippen molar-refractivity contribution in [1.82, 2.24) is 29.8 Å². The number of aromatic nitrogens is 5. The Labute approximate surface area is 227 Å². The van der Waals surface area contributed by atoms with Gasteiger partial charge in [-0.25, -0.2) is 15.0 Å². The second kappa shape index (κ2) is 11.0. The molecule has 4 aromatic rings. The second-order valence-corrected chi connectivity index (χ2v) is 10.1. The van der Waals surface area contributed by atoms with E-state index in [1.165, 1.54) is 0 Å². The van der Waals surface area contributed by atoms with Crippen LogP contribution in [0.4, 0.5) is 17.5 Å². The van der Waals surface area contributed by atoms with Gasteiger partial charge >= 0.3 is 0 Å². The number of piperazine rings is 1. The maximum Gasteiger partial charge on any atom is 0.260 e. The Hall–Kier alpha value is -4.05. The number of fused-ring (bicyclic) bond motifs is 1. The summed E-state index contributed by atoms with van der Waals surface area (Å²) in [5.74, 6) is 1.63. The number of pyridine rings is 3. The second-order valence-electron chi connectivity index (χ2n) is 10.1. The topological polar surface area (TPSA) is 110 Å². The summed E-state index contributed by atoms with van der Waals surface area (Å²) >= 11 is 0. The van der Waals surface area contributed by atoms with Crippen molar-refractivity contribution < 1.29 is 4.74 Å². The van der Waals surface area contributed by atoms with Gasteiger partial charge in [0.2, 0.25) is 11.8 Å². The molecule has 6 rings (SSSR count). The highest BCUT2D eigenvalue weighted by Crippen LogP contribution is 2.34. The van der Waals surface area contributed by atoms with Crippen LogP contribution in [-0.4, -0.2) is 57.3 Å². The number of ether oxygens (including phenoxy) is 1. The molecule has 0 amide bonds. The molecule has 1 aliphatic carbocycles. The van der Waals surface area contributed by atoms with Crippen LogP contribution in [0.2, 0.25) is 0 Å². The van der Waals surface area contributed by atoms with E-state index in [2.05, 4.69) is 36.6 Å². The zero-order chi connectivity index (χ0) is 26.8. The van der Waals surface area contributed by atoms with Crippen molar-refractivity contribution in [2.45, 2.75) is 45.6 Å². The minimum absolute atomic E-state index is 0.0407. The van der Waals surface area contributed by atoms with Gasteiger partial charge in [0.05, 0.1) is 24.1 Å². The molecule has 5 heterocycles. The molecule has 0 atom stereocenters. The Morgan fingerprint density at radius 1 is 1.03 bits per heavy atom. The van der Waals surface area contributed by atoms with Crippen LogP contribution in [0.1, 0.15) is 44.2 Å². The van der Waals surface area contributed by atoms with Gasteiger partial charge in [-0.2, -0.15) is 4.98 Å². The van der Waals surface area contributed by atoms with E-state index in [1.807, 2.05) is 49.0 Å². The minimum atomic E-state index is -0.0407. The van der Waals surface area contributed by atoms with Gasteiger partial charge in [-0.1, -0.05) is 12.8 Å². The molecule has 4 aromatic heterocycles. The molecule has 2 N–H and O–H groups in total. The minimum Gasteiger partial charge on any atom is -0.478 e. The summed E-state index contributed by atoms with van der Waals surface area (Å²) in [6, 6.07) is 7.83. The number of nitrogens with zero attached hydrogens (tertiary/aromatic N) is 6. The molecule has 202 valence electrons. The van der Waals surface area contributed by atoms with Crippen LogP contribution in [0.5, 0.6) is 5.88 Å². The highest BCUT2D eigenvalue weighted by Gasteiger charge is 2.25. The van der Waals surface area contributed by atoms with Crippen LogP contribution in [0.15, 0.2) is 47.7 Å². The summed E-state index contributed by atoms with van der Waals surface area (Å²) in [4.78, 5) is 34.9. The average molecular weight is 527 g/mol. The van der Waals surface area contributed by atoms with Crippen molar-refractivity contribution in [3.8, 4) is 17.0 Å². The van der Waals surface area contributed by atoms with E-state index in [0.29, 0.717) is 35.5 Å². The SMILES string of the molecule is CCOc1ccc(-c2c(C)c3cnc(Nc4ccc(N5CCNCC5)cn4)nc3n(C3CCCC3)c2=O)cn1. The average Bonchev–Trinajstić information content (AvgIpc) is 3.50. The van der Waals surface area contributed by atoms with E-state index in [4.69, 9.17) is 9.72 Å². The van der Waals surface area contributed by atoms with Crippen molar-refractivity contribution in [2.24, 2.45) is 0 Å². The first-order chi connectivity index (χ1) is 19.1. The third kappa shape index (κ3) is 5.04. The zero-order valence-electron chi connectivity index (χ0n) is 22.5. The molecule has 10 nitrogen and oxygen atoms in total. The van der Waals surface area contributed by atoms with Gasteiger partial charge in [0, 0.05) is 61.6 Å². The molecule has 0 aromatic carbocycles. The van der Waals surface area contributed by atoms with Crippen molar-refractivity contribution in [2.75, 3.05) is 43.0 Å². The number of anilines is 3. The molecule has 1 saturated heterocycles. The van der Waals surface area contributed by atoms with E-state index in [-0.39, 0.29) is 11.6 Å². The first-order valence-corrected chi connectivity index (χ1v) is 13.8. The van der Waals surface area contributed by atoms with E-state index in [0.717, 1.165) is 74.1 Å². The summed E-state index contributed by atoms with van der Waals surface area (Å²) in [5, 5.41) is 7.47. The van der Waals surface area contributed by atoms with Gasteiger partial charge in [0.25, 0.3) is 5.56 Å². The number of rotatable bonds is 7. The normalized spacial score (nSPS) is 16.1. The summed E-state index contributed by atoms with van der Waals surface area (Å²) in [5.41, 5.74) is 3.97. The van der Waals surface area contributed by atoms with Crippen molar-refractivity contribution in [1.29, 1.82) is 0 Å². The summed E-state index contributed by atoms with van der Waals surface area (Å²) in [7, 11) is 0. The zero-order valence-corrected chi connectivity index (χ0v) is 22.5. The van der Waals surface area contributed by atoms with Crippen LogP contribution in [-0.2, 0) is 0 Å². The Bertz CT molecular complexity index is 1510. The van der Waals surface area contributed by atoms with Crippen LogP contribution in [0.25, 0.3) is 22.2 Å². The van der Waals surface area contributed by atoms with Crippen molar-refractivity contribution in [3.05, 3.63) is 58.8 Å². The van der Waals surface area contributed by atoms with Crippen LogP contribution < -0.4 is 25.8 Å². The van der Waals surface area contributed by atoms with Crippen molar-refractivity contribution in [3.63, 3.8) is 0 Å². The molecular weight excluding hydrogens is 492 g/mol. The molecule has 39 heavy (non-hydrogen) atoms.